The molecule has 0 radical (unpaired) electrons. The zero-order valence-electron chi connectivity index (χ0n) is 21.6. The summed E-state index contributed by atoms with van der Waals surface area (Å²) >= 11 is 5.78. The number of likely N-dealkylation sites (tertiary alicyclic amines) is 1. The minimum absolute atomic E-state index is 0.00287. The largest absolute Gasteiger partial charge is 0.501 e. The van der Waals surface area contributed by atoms with Gasteiger partial charge in [0, 0.05) is 20.1 Å². The highest BCUT2D eigenvalue weighted by molar-refractivity contribution is 6.35. The molecule has 1 unspecified atom stereocenters. The average Bonchev–Trinajstić information content (AvgIpc) is 3.27. The second-order valence-corrected chi connectivity index (χ2v) is 11.0. The van der Waals surface area contributed by atoms with Crippen molar-refractivity contribution in [1.29, 1.82) is 0 Å². The molecular formula is C26H27ClF3N5O5. The van der Waals surface area contributed by atoms with E-state index in [0.717, 1.165) is 20.4 Å². The first-order valence-electron chi connectivity index (χ1n) is 12.8. The van der Waals surface area contributed by atoms with E-state index in [9.17, 15) is 33.1 Å². The summed E-state index contributed by atoms with van der Waals surface area (Å²) in [7, 11) is 1.33. The number of nitrogens with one attached hydrogen (secondary N) is 1. The third kappa shape index (κ3) is 4.69. The summed E-state index contributed by atoms with van der Waals surface area (Å²) < 4.78 is 43.8. The van der Waals surface area contributed by atoms with E-state index in [4.69, 9.17) is 11.6 Å². The fourth-order valence-corrected chi connectivity index (χ4v) is 5.96. The lowest BCUT2D eigenvalue weighted by Gasteiger charge is -2.44. The molecule has 1 aromatic heterocycles. The first-order chi connectivity index (χ1) is 18.8. The number of alkyl halides is 2. The van der Waals surface area contributed by atoms with Crippen LogP contribution in [0.25, 0.3) is 0 Å². The second kappa shape index (κ2) is 10.1. The molecule has 1 atom stereocenters. The van der Waals surface area contributed by atoms with Crippen molar-refractivity contribution >= 4 is 29.3 Å². The van der Waals surface area contributed by atoms with Crippen LogP contribution in [0, 0.1) is 5.82 Å². The summed E-state index contributed by atoms with van der Waals surface area (Å²) in [5.74, 6) is -4.63. The van der Waals surface area contributed by atoms with Gasteiger partial charge in [0.2, 0.25) is 5.75 Å². The maximum atomic E-state index is 15.7. The molecule has 2 aromatic rings. The summed E-state index contributed by atoms with van der Waals surface area (Å²) in [6, 6.07) is 3.80. The van der Waals surface area contributed by atoms with E-state index in [1.54, 1.807) is 0 Å². The van der Waals surface area contributed by atoms with Gasteiger partial charge in [-0.3, -0.25) is 23.7 Å². The van der Waals surface area contributed by atoms with Gasteiger partial charge in [0.1, 0.15) is 29.0 Å². The molecule has 2 bridgehead atoms. The van der Waals surface area contributed by atoms with Crippen LogP contribution in [0.1, 0.15) is 54.0 Å². The Kier molecular flexibility index (Phi) is 7.05. The summed E-state index contributed by atoms with van der Waals surface area (Å²) in [4.78, 5) is 59.1. The Bertz CT molecular complexity index is 1460. The molecule has 0 spiro atoms. The van der Waals surface area contributed by atoms with E-state index in [0.29, 0.717) is 5.56 Å². The van der Waals surface area contributed by atoms with Gasteiger partial charge in [-0.2, -0.15) is 0 Å². The van der Waals surface area contributed by atoms with Gasteiger partial charge in [-0.15, -0.1) is 0 Å². The van der Waals surface area contributed by atoms with Crippen molar-refractivity contribution < 1.29 is 32.7 Å². The van der Waals surface area contributed by atoms with Crippen molar-refractivity contribution in [1.82, 2.24) is 24.7 Å². The Morgan fingerprint density at radius 3 is 2.58 bits per heavy atom. The van der Waals surface area contributed by atoms with Crippen molar-refractivity contribution in [3.8, 4) is 5.75 Å². The summed E-state index contributed by atoms with van der Waals surface area (Å²) in [5, 5.41) is 13.0. The lowest BCUT2D eigenvalue weighted by atomic mass is 9.75. The predicted octanol–water partition coefficient (Wildman–Crippen LogP) is 2.19. The van der Waals surface area contributed by atoms with Gasteiger partial charge in [0.05, 0.1) is 18.1 Å². The molecule has 40 heavy (non-hydrogen) atoms. The van der Waals surface area contributed by atoms with Crippen LogP contribution in [0.2, 0.25) is 5.02 Å². The second-order valence-electron chi connectivity index (χ2n) is 10.6. The third-order valence-corrected chi connectivity index (χ3v) is 8.47. The molecule has 1 aromatic carbocycles. The minimum atomic E-state index is -1.83. The number of likely N-dealkylation sites (N-methyl/N-ethyl adjacent to an activating group) is 1. The third-order valence-electron chi connectivity index (χ3n) is 8.18. The monoisotopic (exact) mass is 581 g/mol. The number of amides is 3. The average molecular weight is 582 g/mol. The Hall–Kier alpha value is -3.61. The molecule has 14 heteroatoms. The fourth-order valence-electron chi connectivity index (χ4n) is 5.76. The smallest absolute Gasteiger partial charge is 0.312 e. The molecule has 1 saturated heterocycles. The normalized spacial score (nSPS) is 25.3. The van der Waals surface area contributed by atoms with Crippen molar-refractivity contribution in [2.45, 2.75) is 62.6 Å². The molecule has 214 valence electrons. The van der Waals surface area contributed by atoms with E-state index in [2.05, 4.69) is 10.3 Å². The standard InChI is InChI=1S/C26H27ClF3N5O5/c1-33(22(39)23(40)34-9-4-15(28)12-34)26-7-5-25(30,6-8-26)13-35-21(38)19(36)18(32-24(26)35)20(37)31-11-14-2-3-17(29)16(27)10-14/h2-3,10,15,36H,4-9,11-13H2,1H3,(H,31,37). The Labute approximate surface area is 231 Å². The number of fused-ring (bicyclic) bond motifs is 2. The Morgan fingerprint density at radius 2 is 1.95 bits per heavy atom. The zero-order chi connectivity index (χ0) is 29.0. The van der Waals surface area contributed by atoms with Gasteiger partial charge in [0.15, 0.2) is 5.69 Å². The fraction of sp³-hybridized carbons (Fsp3) is 0.500. The van der Waals surface area contributed by atoms with Crippen molar-refractivity contribution in [2.24, 2.45) is 0 Å². The van der Waals surface area contributed by atoms with Crippen LogP contribution in [0.15, 0.2) is 23.0 Å². The van der Waals surface area contributed by atoms with Crippen molar-refractivity contribution in [3.05, 3.63) is 56.5 Å². The summed E-state index contributed by atoms with van der Waals surface area (Å²) in [6.07, 6.45) is -1.26. The highest BCUT2D eigenvalue weighted by Crippen LogP contribution is 2.49. The molecular weight excluding hydrogens is 555 g/mol. The van der Waals surface area contributed by atoms with E-state index in [1.165, 1.54) is 19.2 Å². The van der Waals surface area contributed by atoms with Crippen LogP contribution < -0.4 is 10.9 Å². The van der Waals surface area contributed by atoms with Gasteiger partial charge in [0.25, 0.3) is 11.5 Å². The number of benzene rings is 1. The number of hydrogen-bond acceptors (Lipinski definition) is 6. The van der Waals surface area contributed by atoms with Crippen molar-refractivity contribution in [2.75, 3.05) is 20.1 Å². The quantitative estimate of drug-likeness (QED) is 0.534. The van der Waals surface area contributed by atoms with Gasteiger partial charge in [-0.05, 0) is 49.8 Å². The van der Waals surface area contributed by atoms with Crippen molar-refractivity contribution in [3.63, 3.8) is 0 Å². The number of aromatic nitrogens is 2. The van der Waals surface area contributed by atoms with Crippen LogP contribution in [-0.4, -0.2) is 74.2 Å². The van der Waals surface area contributed by atoms with Crippen LogP contribution in [0.3, 0.4) is 0 Å². The van der Waals surface area contributed by atoms with Crippen LogP contribution in [-0.2, 0) is 28.2 Å². The topological polar surface area (TPSA) is 125 Å². The Balaban J connectivity index is 1.51. The lowest BCUT2D eigenvalue weighted by molar-refractivity contribution is -0.156. The number of aromatic hydroxyl groups is 1. The maximum absolute atomic E-state index is 15.7. The molecule has 3 amide bonds. The molecule has 2 fully saturated rings. The molecule has 2 N–H and O–H groups in total. The van der Waals surface area contributed by atoms with E-state index >= 15 is 4.39 Å². The highest BCUT2D eigenvalue weighted by Gasteiger charge is 2.55. The molecule has 4 aliphatic rings. The Morgan fingerprint density at radius 1 is 1.25 bits per heavy atom. The SMILES string of the molecule is CN(C(=O)C(=O)N1CCC(F)C1)C12CCC(F)(CC1)Cn1c2nc(C(=O)NCc2ccc(F)c(Cl)c2)c(O)c1=O. The maximum Gasteiger partial charge on any atom is 0.312 e. The molecule has 3 aliphatic heterocycles. The zero-order valence-corrected chi connectivity index (χ0v) is 22.3. The first-order valence-corrected chi connectivity index (χ1v) is 13.2. The molecule has 1 saturated carbocycles. The highest BCUT2D eigenvalue weighted by atomic mass is 35.5. The summed E-state index contributed by atoms with van der Waals surface area (Å²) in [6.45, 7) is -0.739. The van der Waals surface area contributed by atoms with Gasteiger partial charge < -0.3 is 20.2 Å². The number of carbonyl (C=O) groups excluding carboxylic acids is 3. The van der Waals surface area contributed by atoms with Gasteiger partial charge in [-0.25, -0.2) is 18.2 Å². The molecule has 4 heterocycles. The van der Waals surface area contributed by atoms with Crippen LogP contribution >= 0.6 is 11.6 Å². The molecule has 6 rings (SSSR count). The minimum Gasteiger partial charge on any atom is -0.501 e. The first kappa shape index (κ1) is 27.9. The van der Waals surface area contributed by atoms with Crippen LogP contribution in [0.4, 0.5) is 13.2 Å². The lowest BCUT2D eigenvalue weighted by Crippen LogP contribution is -2.55. The molecule has 10 nitrogen and oxygen atoms in total. The van der Waals surface area contributed by atoms with Gasteiger partial charge >= 0.3 is 11.8 Å². The summed E-state index contributed by atoms with van der Waals surface area (Å²) in [5.41, 5.74) is -4.56. The number of halogens is 4. The van der Waals surface area contributed by atoms with E-state index in [1.807, 2.05) is 0 Å². The van der Waals surface area contributed by atoms with Crippen LogP contribution in [0.5, 0.6) is 5.75 Å². The van der Waals surface area contributed by atoms with E-state index < -0.39 is 64.5 Å². The number of nitrogens with zero attached hydrogens (tertiary/aromatic N) is 4. The predicted molar refractivity (Wildman–Crippen MR) is 136 cm³/mol. The number of rotatable bonds is 4. The van der Waals surface area contributed by atoms with Gasteiger partial charge in [-0.1, -0.05) is 17.7 Å². The number of hydrogen-bond donors (Lipinski definition) is 2. The molecule has 1 aliphatic carbocycles. The number of carbonyl (C=O) groups is 3. The van der Waals surface area contributed by atoms with E-state index in [-0.39, 0.29) is 62.6 Å².